The Kier molecular flexibility index (Phi) is 4.20. The highest BCUT2D eigenvalue weighted by molar-refractivity contribution is 5.81. The van der Waals surface area contributed by atoms with Crippen LogP contribution < -0.4 is 5.73 Å². The Labute approximate surface area is 140 Å². The SMILES string of the molecule is NC[C@H]1CC[C@@H](C(=O)N2CCCC(c3nnc4ccccn34)C2)O1. The molecule has 0 aromatic carbocycles. The second-order valence-corrected chi connectivity index (χ2v) is 6.67. The van der Waals surface area contributed by atoms with Gasteiger partial charge in [-0.1, -0.05) is 6.07 Å². The predicted molar refractivity (Wildman–Crippen MR) is 88.5 cm³/mol. The van der Waals surface area contributed by atoms with Gasteiger partial charge in [0.2, 0.25) is 0 Å². The molecule has 1 unspecified atom stereocenters. The lowest BCUT2D eigenvalue weighted by Crippen LogP contribution is -2.45. The van der Waals surface area contributed by atoms with E-state index in [1.807, 2.05) is 33.7 Å². The molecule has 2 aromatic rings. The van der Waals surface area contributed by atoms with Crippen molar-refractivity contribution in [3.05, 3.63) is 30.2 Å². The third kappa shape index (κ3) is 2.78. The highest BCUT2D eigenvalue weighted by atomic mass is 16.5. The van der Waals surface area contributed by atoms with Gasteiger partial charge in [-0.25, -0.2) is 0 Å². The number of amides is 1. The van der Waals surface area contributed by atoms with E-state index >= 15 is 0 Å². The zero-order valence-corrected chi connectivity index (χ0v) is 13.7. The van der Waals surface area contributed by atoms with Gasteiger partial charge in [0.15, 0.2) is 5.65 Å². The van der Waals surface area contributed by atoms with Gasteiger partial charge in [-0.15, -0.1) is 10.2 Å². The minimum absolute atomic E-state index is 0.0278. The number of ether oxygens (including phenoxy) is 1. The molecular formula is C17H23N5O2. The number of nitrogens with zero attached hydrogens (tertiary/aromatic N) is 4. The maximum atomic E-state index is 12.8. The van der Waals surface area contributed by atoms with Gasteiger partial charge in [-0.3, -0.25) is 9.20 Å². The third-order valence-electron chi connectivity index (χ3n) is 5.08. The Morgan fingerprint density at radius 1 is 1.29 bits per heavy atom. The van der Waals surface area contributed by atoms with Crippen molar-refractivity contribution in [2.24, 2.45) is 5.73 Å². The Bertz CT molecular complexity index is 731. The maximum absolute atomic E-state index is 12.8. The Balaban J connectivity index is 1.49. The molecule has 3 atom stereocenters. The number of pyridine rings is 1. The molecule has 1 amide bonds. The Morgan fingerprint density at radius 2 is 2.21 bits per heavy atom. The summed E-state index contributed by atoms with van der Waals surface area (Å²) in [5.41, 5.74) is 6.49. The normalized spacial score (nSPS) is 27.7. The summed E-state index contributed by atoms with van der Waals surface area (Å²) in [6.45, 7) is 1.96. The first-order valence-electron chi connectivity index (χ1n) is 8.70. The van der Waals surface area contributed by atoms with E-state index in [1.54, 1.807) is 0 Å². The first-order chi connectivity index (χ1) is 11.8. The first kappa shape index (κ1) is 15.5. The summed E-state index contributed by atoms with van der Waals surface area (Å²) in [6, 6.07) is 5.88. The third-order valence-corrected chi connectivity index (χ3v) is 5.08. The van der Waals surface area contributed by atoms with Crippen molar-refractivity contribution in [3.8, 4) is 0 Å². The van der Waals surface area contributed by atoms with Crippen molar-refractivity contribution in [2.75, 3.05) is 19.6 Å². The number of nitrogens with two attached hydrogens (primary N) is 1. The van der Waals surface area contributed by atoms with Crippen LogP contribution >= 0.6 is 0 Å². The van der Waals surface area contributed by atoms with E-state index < -0.39 is 0 Å². The Hall–Kier alpha value is -1.99. The van der Waals surface area contributed by atoms with Gasteiger partial charge in [-0.05, 0) is 37.8 Å². The molecule has 4 heterocycles. The summed E-state index contributed by atoms with van der Waals surface area (Å²) in [7, 11) is 0. The van der Waals surface area contributed by atoms with Gasteiger partial charge in [-0.2, -0.15) is 0 Å². The molecular weight excluding hydrogens is 306 g/mol. The second-order valence-electron chi connectivity index (χ2n) is 6.67. The number of carbonyl (C=O) groups excluding carboxylic acids is 1. The van der Waals surface area contributed by atoms with Crippen molar-refractivity contribution in [1.82, 2.24) is 19.5 Å². The zero-order chi connectivity index (χ0) is 16.5. The van der Waals surface area contributed by atoms with E-state index in [9.17, 15) is 4.79 Å². The molecule has 7 heteroatoms. The highest BCUT2D eigenvalue weighted by Crippen LogP contribution is 2.28. The minimum Gasteiger partial charge on any atom is -0.364 e. The monoisotopic (exact) mass is 329 g/mol. The molecule has 0 bridgehead atoms. The molecule has 24 heavy (non-hydrogen) atoms. The van der Waals surface area contributed by atoms with Crippen molar-refractivity contribution in [3.63, 3.8) is 0 Å². The van der Waals surface area contributed by atoms with Crippen LogP contribution in [-0.2, 0) is 9.53 Å². The number of hydrogen-bond acceptors (Lipinski definition) is 5. The fraction of sp³-hybridized carbons (Fsp3) is 0.588. The fourth-order valence-corrected chi connectivity index (χ4v) is 3.79. The number of carbonyl (C=O) groups is 1. The van der Waals surface area contributed by atoms with E-state index in [-0.39, 0.29) is 24.0 Å². The lowest BCUT2D eigenvalue weighted by molar-refractivity contribution is -0.144. The van der Waals surface area contributed by atoms with Crippen LogP contribution in [0.15, 0.2) is 24.4 Å². The van der Waals surface area contributed by atoms with Crippen LogP contribution in [0, 0.1) is 0 Å². The second kappa shape index (κ2) is 6.49. The average molecular weight is 329 g/mol. The topological polar surface area (TPSA) is 85.8 Å². The number of aromatic nitrogens is 3. The van der Waals surface area contributed by atoms with Crippen LogP contribution in [0.3, 0.4) is 0 Å². The largest absolute Gasteiger partial charge is 0.364 e. The summed E-state index contributed by atoms with van der Waals surface area (Å²) in [4.78, 5) is 14.7. The number of rotatable bonds is 3. The number of fused-ring (bicyclic) bond motifs is 1. The smallest absolute Gasteiger partial charge is 0.251 e. The molecule has 2 fully saturated rings. The molecule has 0 radical (unpaired) electrons. The van der Waals surface area contributed by atoms with E-state index in [4.69, 9.17) is 10.5 Å². The fourth-order valence-electron chi connectivity index (χ4n) is 3.79. The van der Waals surface area contributed by atoms with Crippen molar-refractivity contribution >= 4 is 11.6 Å². The average Bonchev–Trinajstić information content (AvgIpc) is 3.28. The lowest BCUT2D eigenvalue weighted by atomic mass is 9.96. The van der Waals surface area contributed by atoms with E-state index in [2.05, 4.69) is 10.2 Å². The van der Waals surface area contributed by atoms with Crippen molar-refractivity contribution in [1.29, 1.82) is 0 Å². The van der Waals surface area contributed by atoms with Gasteiger partial charge in [0, 0.05) is 31.7 Å². The van der Waals surface area contributed by atoms with Gasteiger partial charge in [0.1, 0.15) is 11.9 Å². The molecule has 2 N–H and O–H groups in total. The van der Waals surface area contributed by atoms with Crippen LogP contribution in [0.25, 0.3) is 5.65 Å². The van der Waals surface area contributed by atoms with Gasteiger partial charge in [0.05, 0.1) is 6.10 Å². The summed E-state index contributed by atoms with van der Waals surface area (Å²) in [5.74, 6) is 1.26. The number of likely N-dealkylation sites (tertiary alicyclic amines) is 1. The molecule has 0 saturated carbocycles. The molecule has 2 aliphatic heterocycles. The zero-order valence-electron chi connectivity index (χ0n) is 13.7. The van der Waals surface area contributed by atoms with Crippen molar-refractivity contribution < 1.29 is 9.53 Å². The molecule has 2 saturated heterocycles. The molecule has 128 valence electrons. The van der Waals surface area contributed by atoms with Gasteiger partial charge in [0.25, 0.3) is 5.91 Å². The molecule has 2 aromatic heterocycles. The standard InChI is InChI=1S/C17H23N5O2/c18-10-13-6-7-14(24-13)17(23)21-8-3-4-12(11-21)16-20-19-15-5-1-2-9-22(15)16/h1-2,5,9,12-14H,3-4,6-8,10-11,18H2/t12?,13-,14+/m1/s1. The van der Waals surface area contributed by atoms with Crippen LogP contribution in [-0.4, -0.2) is 57.2 Å². The van der Waals surface area contributed by atoms with Gasteiger partial charge >= 0.3 is 0 Å². The summed E-state index contributed by atoms with van der Waals surface area (Å²) in [6.07, 6.45) is 5.33. The molecule has 7 nitrogen and oxygen atoms in total. The predicted octanol–water partition coefficient (Wildman–Crippen LogP) is 0.942. The number of piperidine rings is 1. The molecule has 0 spiro atoms. The molecule has 0 aliphatic carbocycles. The summed E-state index contributed by atoms with van der Waals surface area (Å²) < 4.78 is 7.80. The molecule has 4 rings (SSSR count). The highest BCUT2D eigenvalue weighted by Gasteiger charge is 2.35. The van der Waals surface area contributed by atoms with E-state index in [0.717, 1.165) is 43.7 Å². The molecule has 2 aliphatic rings. The minimum atomic E-state index is -0.326. The van der Waals surface area contributed by atoms with E-state index in [1.165, 1.54) is 0 Å². The van der Waals surface area contributed by atoms with Crippen molar-refractivity contribution in [2.45, 2.75) is 43.8 Å². The van der Waals surface area contributed by atoms with Crippen LogP contribution in [0.2, 0.25) is 0 Å². The van der Waals surface area contributed by atoms with Gasteiger partial charge < -0.3 is 15.4 Å². The first-order valence-corrected chi connectivity index (χ1v) is 8.70. The Morgan fingerprint density at radius 3 is 3.04 bits per heavy atom. The summed E-state index contributed by atoms with van der Waals surface area (Å²) in [5, 5.41) is 8.60. The number of hydrogen-bond donors (Lipinski definition) is 1. The van der Waals surface area contributed by atoms with E-state index in [0.29, 0.717) is 13.1 Å². The van der Waals surface area contributed by atoms with Crippen LogP contribution in [0.1, 0.15) is 37.4 Å². The lowest BCUT2D eigenvalue weighted by Gasteiger charge is -2.33. The summed E-state index contributed by atoms with van der Waals surface area (Å²) >= 11 is 0. The van der Waals surface area contributed by atoms with Crippen LogP contribution in [0.4, 0.5) is 0 Å². The van der Waals surface area contributed by atoms with Crippen LogP contribution in [0.5, 0.6) is 0 Å². The maximum Gasteiger partial charge on any atom is 0.251 e. The quantitative estimate of drug-likeness (QED) is 0.906.